The van der Waals surface area contributed by atoms with Crippen molar-refractivity contribution in [1.29, 1.82) is 0 Å². The third kappa shape index (κ3) is 4.75. The molecule has 1 aliphatic heterocycles. The Kier molecular flexibility index (Phi) is 5.98. The Balaban J connectivity index is 1.36. The van der Waals surface area contributed by atoms with E-state index >= 15 is 0 Å². The quantitative estimate of drug-likeness (QED) is 0.419. The maximum Gasteiger partial charge on any atom is 0.416 e. The minimum absolute atomic E-state index is 0.0835. The van der Waals surface area contributed by atoms with Crippen LogP contribution in [0, 0.1) is 0 Å². The Morgan fingerprint density at radius 3 is 2.06 bits per heavy atom. The Hall–Kier alpha value is -4.14. The summed E-state index contributed by atoms with van der Waals surface area (Å²) in [6, 6.07) is 24.2. The highest BCUT2D eigenvalue weighted by atomic mass is 19.4. The van der Waals surface area contributed by atoms with Gasteiger partial charge in [0.2, 0.25) is 5.82 Å². The van der Waals surface area contributed by atoms with Crippen LogP contribution in [0.15, 0.2) is 84.9 Å². The van der Waals surface area contributed by atoms with Crippen molar-refractivity contribution >= 4 is 11.6 Å². The lowest BCUT2D eigenvalue weighted by molar-refractivity contribution is -0.137. The van der Waals surface area contributed by atoms with Gasteiger partial charge in [-0.05, 0) is 30.3 Å². The Morgan fingerprint density at radius 2 is 1.40 bits per heavy atom. The molecule has 2 heterocycles. The number of amides is 1. The van der Waals surface area contributed by atoms with E-state index in [1.165, 1.54) is 6.07 Å². The Bertz CT molecular complexity index is 1260. The largest absolute Gasteiger partial charge is 0.416 e. The molecule has 1 aliphatic rings. The lowest BCUT2D eigenvalue weighted by Gasteiger charge is -2.35. The number of benzene rings is 3. The zero-order valence-corrected chi connectivity index (χ0v) is 18.7. The van der Waals surface area contributed by atoms with Crippen molar-refractivity contribution in [2.24, 2.45) is 0 Å². The maximum absolute atomic E-state index is 13.3. The molecule has 6 nitrogen and oxygen atoms in total. The van der Waals surface area contributed by atoms with Crippen molar-refractivity contribution in [3.63, 3.8) is 0 Å². The van der Waals surface area contributed by atoms with E-state index in [9.17, 15) is 18.0 Å². The number of carbonyl (C=O) groups excluding carboxylic acids is 1. The van der Waals surface area contributed by atoms with Crippen LogP contribution in [-0.2, 0) is 6.18 Å². The Labute approximate surface area is 200 Å². The van der Waals surface area contributed by atoms with Crippen LogP contribution >= 0.6 is 0 Å². The van der Waals surface area contributed by atoms with Crippen LogP contribution in [0.1, 0.15) is 16.2 Å². The average Bonchev–Trinajstić information content (AvgIpc) is 3.35. The lowest BCUT2D eigenvalue weighted by Crippen LogP contribution is -2.49. The van der Waals surface area contributed by atoms with Crippen molar-refractivity contribution in [2.45, 2.75) is 6.18 Å². The molecule has 0 atom stereocenters. The number of anilines is 1. The first-order chi connectivity index (χ1) is 16.9. The van der Waals surface area contributed by atoms with Crippen molar-refractivity contribution in [2.75, 3.05) is 31.1 Å². The highest BCUT2D eigenvalue weighted by Gasteiger charge is 2.32. The van der Waals surface area contributed by atoms with E-state index in [0.29, 0.717) is 37.7 Å². The fourth-order valence-electron chi connectivity index (χ4n) is 4.11. The molecular formula is C26H22F3N5O. The molecule has 35 heavy (non-hydrogen) atoms. The molecule has 0 aliphatic carbocycles. The highest BCUT2D eigenvalue weighted by Crippen LogP contribution is 2.32. The van der Waals surface area contributed by atoms with E-state index in [4.69, 9.17) is 0 Å². The summed E-state index contributed by atoms with van der Waals surface area (Å²) in [5.41, 5.74) is 1.42. The van der Waals surface area contributed by atoms with Crippen LogP contribution in [0.5, 0.6) is 0 Å². The SMILES string of the molecule is O=C(c1nc(-c2ccccc2)n(-c2ccccc2)n1)N1CCN(c2cccc(C(F)(F)F)c2)CC1. The summed E-state index contributed by atoms with van der Waals surface area (Å²) < 4.78 is 40.9. The molecule has 1 aromatic heterocycles. The van der Waals surface area contributed by atoms with Crippen molar-refractivity contribution in [3.05, 3.63) is 96.3 Å². The first-order valence-corrected chi connectivity index (χ1v) is 11.2. The summed E-state index contributed by atoms with van der Waals surface area (Å²) in [5.74, 6) is 0.337. The van der Waals surface area contributed by atoms with Crippen molar-refractivity contribution in [1.82, 2.24) is 19.7 Å². The monoisotopic (exact) mass is 477 g/mol. The van der Waals surface area contributed by atoms with E-state index in [0.717, 1.165) is 23.4 Å². The van der Waals surface area contributed by atoms with E-state index < -0.39 is 11.7 Å². The van der Waals surface area contributed by atoms with E-state index in [-0.39, 0.29) is 11.7 Å². The van der Waals surface area contributed by atoms with E-state index in [2.05, 4.69) is 10.1 Å². The molecule has 3 aromatic carbocycles. The summed E-state index contributed by atoms with van der Waals surface area (Å²) >= 11 is 0. The highest BCUT2D eigenvalue weighted by molar-refractivity contribution is 5.91. The molecule has 4 aromatic rings. The molecule has 1 saturated heterocycles. The molecule has 0 spiro atoms. The smallest absolute Gasteiger partial charge is 0.368 e. The predicted octanol–water partition coefficient (Wildman–Crippen LogP) is 4.92. The second-order valence-corrected chi connectivity index (χ2v) is 8.20. The van der Waals surface area contributed by atoms with Gasteiger partial charge >= 0.3 is 6.18 Å². The Morgan fingerprint density at radius 1 is 0.771 bits per heavy atom. The van der Waals surface area contributed by atoms with Crippen molar-refractivity contribution < 1.29 is 18.0 Å². The molecule has 9 heteroatoms. The fraction of sp³-hybridized carbons (Fsp3) is 0.192. The summed E-state index contributed by atoms with van der Waals surface area (Å²) in [7, 11) is 0. The van der Waals surface area contributed by atoms with Gasteiger partial charge in [0.05, 0.1) is 11.3 Å². The molecule has 0 unspecified atom stereocenters. The number of aromatic nitrogens is 3. The number of piperazine rings is 1. The molecule has 0 bridgehead atoms. The van der Waals surface area contributed by atoms with Gasteiger partial charge in [-0.2, -0.15) is 13.2 Å². The van der Waals surface area contributed by atoms with Gasteiger partial charge < -0.3 is 9.80 Å². The fourth-order valence-corrected chi connectivity index (χ4v) is 4.11. The van der Waals surface area contributed by atoms with Gasteiger partial charge in [-0.3, -0.25) is 4.79 Å². The normalized spacial score (nSPS) is 14.3. The third-order valence-corrected chi connectivity index (χ3v) is 5.94. The molecule has 0 N–H and O–H groups in total. The first-order valence-electron chi connectivity index (χ1n) is 11.2. The van der Waals surface area contributed by atoms with Gasteiger partial charge in [0, 0.05) is 37.4 Å². The minimum atomic E-state index is -4.40. The molecule has 178 valence electrons. The van der Waals surface area contributed by atoms with Crippen LogP contribution in [0.3, 0.4) is 0 Å². The van der Waals surface area contributed by atoms with E-state index in [1.54, 1.807) is 15.6 Å². The lowest BCUT2D eigenvalue weighted by atomic mass is 10.1. The van der Waals surface area contributed by atoms with Gasteiger partial charge in [0.1, 0.15) is 0 Å². The molecular weight excluding hydrogens is 455 g/mol. The van der Waals surface area contributed by atoms with Gasteiger partial charge in [-0.1, -0.05) is 54.6 Å². The standard InChI is InChI=1S/C26H22F3N5O/c27-26(28,29)20-10-7-13-22(18-20)32-14-16-33(17-15-32)25(35)23-30-24(19-8-3-1-4-9-19)34(31-23)21-11-5-2-6-12-21/h1-13,18H,14-17H2. The number of hydrogen-bond acceptors (Lipinski definition) is 4. The third-order valence-electron chi connectivity index (χ3n) is 5.94. The molecule has 0 radical (unpaired) electrons. The topological polar surface area (TPSA) is 54.3 Å². The van der Waals surface area contributed by atoms with Gasteiger partial charge in [-0.15, -0.1) is 5.10 Å². The predicted molar refractivity (Wildman–Crippen MR) is 126 cm³/mol. The summed E-state index contributed by atoms with van der Waals surface area (Å²) in [4.78, 5) is 21.3. The summed E-state index contributed by atoms with van der Waals surface area (Å²) in [5, 5.41) is 4.52. The zero-order valence-electron chi connectivity index (χ0n) is 18.7. The van der Waals surface area contributed by atoms with Crippen LogP contribution in [-0.4, -0.2) is 51.8 Å². The average molecular weight is 477 g/mol. The first kappa shape index (κ1) is 22.6. The number of carbonyl (C=O) groups is 1. The molecule has 5 rings (SSSR count). The molecule has 0 saturated carbocycles. The summed E-state index contributed by atoms with van der Waals surface area (Å²) in [6.07, 6.45) is -4.40. The van der Waals surface area contributed by atoms with Crippen LogP contribution < -0.4 is 4.90 Å². The number of rotatable bonds is 4. The number of nitrogens with zero attached hydrogens (tertiary/aromatic N) is 5. The maximum atomic E-state index is 13.3. The number of hydrogen-bond donors (Lipinski definition) is 0. The van der Waals surface area contributed by atoms with Crippen LogP contribution in [0.2, 0.25) is 0 Å². The second-order valence-electron chi connectivity index (χ2n) is 8.20. The molecule has 1 amide bonds. The minimum Gasteiger partial charge on any atom is -0.368 e. The van der Waals surface area contributed by atoms with Gasteiger partial charge in [0.15, 0.2) is 5.82 Å². The zero-order chi connectivity index (χ0) is 24.4. The number of para-hydroxylation sites is 1. The van der Waals surface area contributed by atoms with Crippen LogP contribution in [0.4, 0.5) is 18.9 Å². The van der Waals surface area contributed by atoms with Gasteiger partial charge in [0.25, 0.3) is 5.91 Å². The number of halogens is 3. The van der Waals surface area contributed by atoms with Crippen molar-refractivity contribution in [3.8, 4) is 17.1 Å². The van der Waals surface area contributed by atoms with E-state index in [1.807, 2.05) is 65.6 Å². The number of alkyl halides is 3. The second kappa shape index (κ2) is 9.25. The van der Waals surface area contributed by atoms with Gasteiger partial charge in [-0.25, -0.2) is 9.67 Å². The molecule has 1 fully saturated rings. The summed E-state index contributed by atoms with van der Waals surface area (Å²) in [6.45, 7) is 1.54. The van der Waals surface area contributed by atoms with Crippen LogP contribution in [0.25, 0.3) is 17.1 Å².